The van der Waals surface area contributed by atoms with Gasteiger partial charge in [0.15, 0.2) is 11.5 Å². The summed E-state index contributed by atoms with van der Waals surface area (Å²) in [6, 6.07) is 16.7. The Morgan fingerprint density at radius 3 is 2.76 bits per heavy atom. The molecule has 1 N–H and O–H groups in total. The van der Waals surface area contributed by atoms with Crippen LogP contribution in [0.1, 0.15) is 37.4 Å². The maximum Gasteiger partial charge on any atom is 0.244 e. The van der Waals surface area contributed by atoms with Gasteiger partial charge in [0.05, 0.1) is 13.7 Å². The lowest BCUT2D eigenvalue weighted by Crippen LogP contribution is -2.36. The molecule has 0 saturated carbocycles. The number of methoxy groups -OCH3 is 1. The minimum Gasteiger partial charge on any atom is -0.493 e. The number of likely N-dealkylation sites (tertiary alicyclic amines) is 1. The van der Waals surface area contributed by atoms with Crippen LogP contribution in [-0.2, 0) is 4.79 Å². The number of nitrogens with one attached hydrogen (secondary N) is 1. The van der Waals surface area contributed by atoms with Crippen molar-refractivity contribution < 1.29 is 14.3 Å². The lowest BCUT2D eigenvalue weighted by Gasteiger charge is -2.24. The lowest BCUT2D eigenvalue weighted by atomic mass is 10.1. The molecule has 5 heteroatoms. The number of hydrogen-bond donors (Lipinski definition) is 1. The monoisotopic (exact) mass is 394 g/mol. The van der Waals surface area contributed by atoms with E-state index in [2.05, 4.69) is 41.4 Å². The molecule has 1 heterocycles. The van der Waals surface area contributed by atoms with Crippen molar-refractivity contribution in [2.75, 3.05) is 26.8 Å². The van der Waals surface area contributed by atoms with Gasteiger partial charge in [-0.25, -0.2) is 0 Å². The molecule has 29 heavy (non-hydrogen) atoms. The smallest absolute Gasteiger partial charge is 0.244 e. The van der Waals surface area contributed by atoms with Gasteiger partial charge in [0.2, 0.25) is 5.91 Å². The zero-order valence-electron chi connectivity index (χ0n) is 17.4. The van der Waals surface area contributed by atoms with Crippen LogP contribution < -0.4 is 14.8 Å². The van der Waals surface area contributed by atoms with Crippen LogP contribution in [0.5, 0.6) is 11.5 Å². The zero-order valence-corrected chi connectivity index (χ0v) is 17.4. The number of benzene rings is 2. The molecule has 0 aliphatic carbocycles. The molecule has 0 radical (unpaired) electrons. The largest absolute Gasteiger partial charge is 0.493 e. The summed E-state index contributed by atoms with van der Waals surface area (Å²) in [5.41, 5.74) is 2.20. The number of nitrogens with zero attached hydrogens (tertiary/aromatic N) is 1. The predicted molar refractivity (Wildman–Crippen MR) is 116 cm³/mol. The SMILES string of the molecule is CCOc1ccc(C=CC(=O)NC2CCN(C(C)c3ccccc3)C2)cc1OC. The highest BCUT2D eigenvalue weighted by Crippen LogP contribution is 2.28. The van der Waals surface area contributed by atoms with Crippen LogP contribution in [0.2, 0.25) is 0 Å². The van der Waals surface area contributed by atoms with Gasteiger partial charge in [0, 0.05) is 31.2 Å². The van der Waals surface area contributed by atoms with E-state index in [0.717, 1.165) is 25.1 Å². The molecule has 1 amide bonds. The van der Waals surface area contributed by atoms with Crippen molar-refractivity contribution in [3.05, 3.63) is 65.7 Å². The summed E-state index contributed by atoms with van der Waals surface area (Å²) in [4.78, 5) is 14.8. The van der Waals surface area contributed by atoms with Crippen LogP contribution in [0.15, 0.2) is 54.6 Å². The predicted octanol–water partition coefficient (Wildman–Crippen LogP) is 4.06. The highest BCUT2D eigenvalue weighted by Gasteiger charge is 2.27. The number of ether oxygens (including phenoxy) is 2. The molecule has 2 aromatic carbocycles. The molecular formula is C24H30N2O3. The van der Waals surface area contributed by atoms with E-state index < -0.39 is 0 Å². The van der Waals surface area contributed by atoms with Gasteiger partial charge in [-0.3, -0.25) is 9.69 Å². The molecule has 0 bridgehead atoms. The molecule has 0 spiro atoms. The normalized spacial score (nSPS) is 18.0. The summed E-state index contributed by atoms with van der Waals surface area (Å²) in [5, 5.41) is 3.12. The number of carbonyl (C=O) groups excluding carboxylic acids is 1. The molecule has 1 aliphatic rings. The second-order valence-corrected chi connectivity index (χ2v) is 7.25. The maximum absolute atomic E-state index is 12.4. The van der Waals surface area contributed by atoms with Crippen LogP contribution in [-0.4, -0.2) is 43.7 Å². The van der Waals surface area contributed by atoms with E-state index in [-0.39, 0.29) is 11.9 Å². The van der Waals surface area contributed by atoms with Crippen LogP contribution in [0.4, 0.5) is 0 Å². The molecule has 1 saturated heterocycles. The molecule has 5 nitrogen and oxygen atoms in total. The summed E-state index contributed by atoms with van der Waals surface area (Å²) in [5.74, 6) is 1.29. The summed E-state index contributed by atoms with van der Waals surface area (Å²) < 4.78 is 10.9. The van der Waals surface area contributed by atoms with E-state index in [4.69, 9.17) is 9.47 Å². The molecule has 1 fully saturated rings. The number of rotatable bonds is 8. The van der Waals surface area contributed by atoms with Gasteiger partial charge in [-0.05, 0) is 49.6 Å². The first-order valence-corrected chi connectivity index (χ1v) is 10.2. The lowest BCUT2D eigenvalue weighted by molar-refractivity contribution is -0.117. The second-order valence-electron chi connectivity index (χ2n) is 7.25. The first kappa shape index (κ1) is 20.9. The van der Waals surface area contributed by atoms with Crippen LogP contribution in [0, 0.1) is 0 Å². The van der Waals surface area contributed by atoms with Gasteiger partial charge < -0.3 is 14.8 Å². The van der Waals surface area contributed by atoms with Gasteiger partial charge in [-0.2, -0.15) is 0 Å². The molecule has 2 unspecified atom stereocenters. The van der Waals surface area contributed by atoms with E-state index in [9.17, 15) is 4.79 Å². The van der Waals surface area contributed by atoms with Gasteiger partial charge >= 0.3 is 0 Å². The van der Waals surface area contributed by atoms with E-state index in [0.29, 0.717) is 24.1 Å². The zero-order chi connectivity index (χ0) is 20.6. The standard InChI is InChI=1S/C24H30N2O3/c1-4-29-22-12-10-19(16-23(22)28-3)11-13-24(27)25-21-14-15-26(17-21)18(2)20-8-6-5-7-9-20/h5-13,16,18,21H,4,14-15,17H2,1-3H3,(H,25,27). The first-order valence-electron chi connectivity index (χ1n) is 10.2. The number of amides is 1. The molecule has 0 aromatic heterocycles. The molecule has 154 valence electrons. The minimum atomic E-state index is -0.0722. The Hall–Kier alpha value is -2.79. The molecule has 3 rings (SSSR count). The van der Waals surface area contributed by atoms with E-state index in [1.54, 1.807) is 19.3 Å². The average Bonchev–Trinajstić information content (AvgIpc) is 3.21. The van der Waals surface area contributed by atoms with Gasteiger partial charge in [-0.1, -0.05) is 36.4 Å². The summed E-state index contributed by atoms with van der Waals surface area (Å²) in [7, 11) is 1.61. The molecule has 2 atom stereocenters. The van der Waals surface area contributed by atoms with Crippen LogP contribution in [0.3, 0.4) is 0 Å². The van der Waals surface area contributed by atoms with Gasteiger partial charge in [0.25, 0.3) is 0 Å². The Morgan fingerprint density at radius 2 is 2.03 bits per heavy atom. The Bertz CT molecular complexity index is 835. The van der Waals surface area contributed by atoms with Crippen molar-refractivity contribution in [2.24, 2.45) is 0 Å². The van der Waals surface area contributed by atoms with Crippen molar-refractivity contribution in [2.45, 2.75) is 32.4 Å². The number of carbonyl (C=O) groups is 1. The summed E-state index contributed by atoms with van der Waals surface area (Å²) in [6.45, 7) is 6.59. The second kappa shape index (κ2) is 10.1. The number of hydrogen-bond acceptors (Lipinski definition) is 4. The van der Waals surface area contributed by atoms with Crippen molar-refractivity contribution in [1.82, 2.24) is 10.2 Å². The fourth-order valence-corrected chi connectivity index (χ4v) is 3.68. The third-order valence-corrected chi connectivity index (χ3v) is 5.31. The Kier molecular flexibility index (Phi) is 7.30. The van der Waals surface area contributed by atoms with E-state index in [1.165, 1.54) is 5.56 Å². The Morgan fingerprint density at radius 1 is 1.24 bits per heavy atom. The molecule has 1 aliphatic heterocycles. The quantitative estimate of drug-likeness (QED) is 0.686. The van der Waals surface area contributed by atoms with E-state index in [1.807, 2.05) is 31.2 Å². The average molecular weight is 395 g/mol. The van der Waals surface area contributed by atoms with Gasteiger partial charge in [-0.15, -0.1) is 0 Å². The third-order valence-electron chi connectivity index (χ3n) is 5.31. The summed E-state index contributed by atoms with van der Waals surface area (Å²) >= 11 is 0. The van der Waals surface area contributed by atoms with E-state index >= 15 is 0 Å². The topological polar surface area (TPSA) is 50.8 Å². The fraction of sp³-hybridized carbons (Fsp3) is 0.375. The highest BCUT2D eigenvalue weighted by molar-refractivity contribution is 5.92. The minimum absolute atomic E-state index is 0.0722. The van der Waals surface area contributed by atoms with Crippen molar-refractivity contribution >= 4 is 12.0 Å². The maximum atomic E-state index is 12.4. The van der Waals surface area contributed by atoms with Gasteiger partial charge in [0.1, 0.15) is 0 Å². The van der Waals surface area contributed by atoms with Crippen LogP contribution >= 0.6 is 0 Å². The summed E-state index contributed by atoms with van der Waals surface area (Å²) in [6.07, 6.45) is 4.35. The third kappa shape index (κ3) is 5.61. The van der Waals surface area contributed by atoms with Crippen LogP contribution in [0.25, 0.3) is 6.08 Å². The Balaban J connectivity index is 1.53. The van der Waals surface area contributed by atoms with Crippen molar-refractivity contribution in [1.29, 1.82) is 0 Å². The fourth-order valence-electron chi connectivity index (χ4n) is 3.68. The van der Waals surface area contributed by atoms with Crippen molar-refractivity contribution in [3.63, 3.8) is 0 Å². The Labute approximate surface area is 173 Å². The highest BCUT2D eigenvalue weighted by atomic mass is 16.5. The molecular weight excluding hydrogens is 364 g/mol. The van der Waals surface area contributed by atoms with Crippen molar-refractivity contribution in [3.8, 4) is 11.5 Å². The molecule has 2 aromatic rings. The first-order chi connectivity index (χ1) is 14.1.